The summed E-state index contributed by atoms with van der Waals surface area (Å²) in [6.45, 7) is 3.58. The van der Waals surface area contributed by atoms with Gasteiger partial charge in [-0.1, -0.05) is 6.07 Å². The zero-order chi connectivity index (χ0) is 23.5. The van der Waals surface area contributed by atoms with Gasteiger partial charge in [-0.25, -0.2) is 9.78 Å². The number of carbonyl (C=O) groups is 2. The second-order valence-corrected chi connectivity index (χ2v) is 8.58. The predicted octanol–water partition coefficient (Wildman–Crippen LogP) is 4.10. The van der Waals surface area contributed by atoms with Gasteiger partial charge in [0.05, 0.1) is 19.0 Å². The highest BCUT2D eigenvalue weighted by atomic mass is 32.1. The fraction of sp³-hybridized carbons (Fsp3) is 0.167. The molecule has 0 saturated carbocycles. The fourth-order valence-corrected chi connectivity index (χ4v) is 4.32. The fourth-order valence-electron chi connectivity index (χ4n) is 3.26. The average Bonchev–Trinajstić information content (AvgIpc) is 3.23. The van der Waals surface area contributed by atoms with Crippen LogP contribution in [0.5, 0.6) is 5.75 Å². The molecule has 9 heteroatoms. The van der Waals surface area contributed by atoms with Crippen LogP contribution in [0, 0.1) is 13.8 Å². The monoisotopic (exact) mass is 462 g/mol. The Kier molecular flexibility index (Phi) is 6.23. The lowest BCUT2D eigenvalue weighted by Crippen LogP contribution is -2.38. The van der Waals surface area contributed by atoms with E-state index in [1.54, 1.807) is 13.2 Å². The highest BCUT2D eigenvalue weighted by Crippen LogP contribution is 2.31. The number of benzene rings is 2. The largest absolute Gasteiger partial charge is 0.497 e. The van der Waals surface area contributed by atoms with E-state index in [-0.39, 0.29) is 12.1 Å². The summed E-state index contributed by atoms with van der Waals surface area (Å²) in [4.78, 5) is 42.6. The lowest BCUT2D eigenvalue weighted by atomic mass is 10.1. The van der Waals surface area contributed by atoms with E-state index in [0.29, 0.717) is 15.9 Å². The van der Waals surface area contributed by atoms with E-state index in [2.05, 4.69) is 15.6 Å². The second kappa shape index (κ2) is 9.25. The summed E-state index contributed by atoms with van der Waals surface area (Å²) in [5.74, 6) is 0.124. The van der Waals surface area contributed by atoms with E-state index < -0.39 is 11.9 Å². The van der Waals surface area contributed by atoms with Gasteiger partial charge in [0.15, 0.2) is 0 Å². The molecule has 0 unspecified atom stereocenters. The smallest absolute Gasteiger partial charge is 0.325 e. The summed E-state index contributed by atoms with van der Waals surface area (Å²) in [6, 6.07) is 14.1. The van der Waals surface area contributed by atoms with Crippen LogP contribution in [-0.2, 0) is 11.3 Å². The van der Waals surface area contributed by atoms with Gasteiger partial charge in [-0.05, 0) is 73.0 Å². The Hall–Kier alpha value is -3.98. The summed E-state index contributed by atoms with van der Waals surface area (Å²) in [7, 11) is 1.60. The molecule has 168 valence electrons. The summed E-state index contributed by atoms with van der Waals surface area (Å²) in [6.07, 6.45) is 1.32. The lowest BCUT2D eigenvalue weighted by Gasteiger charge is -2.09. The summed E-state index contributed by atoms with van der Waals surface area (Å²) < 4.78 is 6.81. The van der Waals surface area contributed by atoms with E-state index in [1.165, 1.54) is 22.2 Å². The topological polar surface area (TPSA) is 102 Å². The van der Waals surface area contributed by atoms with Crippen molar-refractivity contribution in [1.29, 1.82) is 0 Å². The highest BCUT2D eigenvalue weighted by Gasteiger charge is 2.14. The Labute approximate surface area is 193 Å². The molecule has 0 atom stereocenters. The van der Waals surface area contributed by atoms with E-state index in [4.69, 9.17) is 4.74 Å². The van der Waals surface area contributed by atoms with Gasteiger partial charge in [-0.2, -0.15) is 0 Å². The maximum Gasteiger partial charge on any atom is 0.325 e. The summed E-state index contributed by atoms with van der Waals surface area (Å²) in [5.41, 5.74) is 3.85. The summed E-state index contributed by atoms with van der Waals surface area (Å²) in [5, 5.41) is 4.86. The van der Waals surface area contributed by atoms with E-state index in [0.717, 1.165) is 27.3 Å². The highest BCUT2D eigenvalue weighted by molar-refractivity contribution is 7.22. The van der Waals surface area contributed by atoms with Gasteiger partial charge in [0.2, 0.25) is 5.91 Å². The van der Waals surface area contributed by atoms with Crippen molar-refractivity contribution in [2.45, 2.75) is 20.4 Å². The van der Waals surface area contributed by atoms with Gasteiger partial charge in [0.25, 0.3) is 5.56 Å². The van der Waals surface area contributed by atoms with Crippen LogP contribution in [-0.4, -0.2) is 28.6 Å². The first-order chi connectivity index (χ1) is 15.8. The van der Waals surface area contributed by atoms with Crippen LogP contribution >= 0.6 is 11.3 Å². The van der Waals surface area contributed by atoms with Crippen molar-refractivity contribution in [2.24, 2.45) is 0 Å². The van der Waals surface area contributed by atoms with Gasteiger partial charge in [-0.15, -0.1) is 11.3 Å². The number of methoxy groups -OCH3 is 1. The van der Waals surface area contributed by atoms with E-state index in [1.807, 2.05) is 56.3 Å². The first-order valence-electron chi connectivity index (χ1n) is 10.2. The molecule has 3 amide bonds. The van der Waals surface area contributed by atoms with Crippen molar-refractivity contribution in [1.82, 2.24) is 14.9 Å². The first kappa shape index (κ1) is 22.2. The minimum atomic E-state index is -0.664. The number of imide groups is 1. The maximum atomic E-state index is 12.9. The first-order valence-corrected chi connectivity index (χ1v) is 11.0. The van der Waals surface area contributed by atoms with Gasteiger partial charge in [0, 0.05) is 10.6 Å². The molecule has 4 aromatic rings. The van der Waals surface area contributed by atoms with Crippen molar-refractivity contribution in [3.63, 3.8) is 0 Å². The number of aryl methyl sites for hydroxylation is 2. The van der Waals surface area contributed by atoms with Crippen LogP contribution in [0.1, 0.15) is 11.1 Å². The molecule has 0 aliphatic rings. The van der Waals surface area contributed by atoms with Gasteiger partial charge in [0.1, 0.15) is 17.0 Å². The minimum Gasteiger partial charge on any atom is -0.497 e. The molecule has 0 saturated heterocycles. The third-order valence-corrected chi connectivity index (χ3v) is 6.37. The predicted molar refractivity (Wildman–Crippen MR) is 129 cm³/mol. The molecule has 0 aliphatic carbocycles. The molecule has 2 aromatic carbocycles. The molecule has 0 fully saturated rings. The van der Waals surface area contributed by atoms with Crippen molar-refractivity contribution >= 4 is 39.2 Å². The SMILES string of the molecule is COc1ccc(-c2cc3ncn(CC(=O)NC(=O)Nc4ccc(C)c(C)c4)c(=O)c3s2)cc1. The molecule has 0 aliphatic heterocycles. The number of nitrogens with zero attached hydrogens (tertiary/aromatic N) is 2. The zero-order valence-electron chi connectivity index (χ0n) is 18.3. The molecule has 8 nitrogen and oxygen atoms in total. The number of fused-ring (bicyclic) bond motifs is 1. The number of anilines is 1. The average molecular weight is 463 g/mol. The number of thiophene rings is 1. The molecule has 2 N–H and O–H groups in total. The molecule has 33 heavy (non-hydrogen) atoms. The van der Waals surface area contributed by atoms with Crippen molar-refractivity contribution in [3.05, 3.63) is 76.3 Å². The number of carbonyl (C=O) groups excluding carboxylic acids is 2. The number of rotatable bonds is 5. The minimum absolute atomic E-state index is 0.322. The van der Waals surface area contributed by atoms with Crippen LogP contribution in [0.2, 0.25) is 0 Å². The van der Waals surface area contributed by atoms with Gasteiger partial charge >= 0.3 is 6.03 Å². The molecule has 2 aromatic heterocycles. The number of ether oxygens (including phenoxy) is 1. The maximum absolute atomic E-state index is 12.9. The zero-order valence-corrected chi connectivity index (χ0v) is 19.2. The molecule has 0 radical (unpaired) electrons. The summed E-state index contributed by atoms with van der Waals surface area (Å²) >= 11 is 1.30. The van der Waals surface area contributed by atoms with Crippen LogP contribution in [0.25, 0.3) is 20.7 Å². The number of hydrogen-bond donors (Lipinski definition) is 2. The molecule has 4 rings (SSSR count). The van der Waals surface area contributed by atoms with E-state index in [9.17, 15) is 14.4 Å². The number of aromatic nitrogens is 2. The second-order valence-electron chi connectivity index (χ2n) is 7.53. The van der Waals surface area contributed by atoms with Crippen molar-refractivity contribution in [3.8, 4) is 16.2 Å². The Morgan fingerprint density at radius 3 is 2.52 bits per heavy atom. The Balaban J connectivity index is 1.47. The standard InChI is InChI=1S/C24H22N4O4S/c1-14-4-7-17(10-15(14)2)26-24(31)27-21(29)12-28-13-25-19-11-20(33-22(19)23(28)30)16-5-8-18(32-3)9-6-16/h4-11,13H,12H2,1-3H3,(H2,26,27,29,31). The van der Waals surface area contributed by atoms with Gasteiger partial charge < -0.3 is 10.1 Å². The normalized spacial score (nSPS) is 10.8. The number of urea groups is 1. The number of nitrogens with one attached hydrogen (secondary N) is 2. The molecule has 0 bridgehead atoms. The van der Waals surface area contributed by atoms with Crippen molar-refractivity contribution in [2.75, 3.05) is 12.4 Å². The van der Waals surface area contributed by atoms with E-state index >= 15 is 0 Å². The Morgan fingerprint density at radius 1 is 1.06 bits per heavy atom. The third kappa shape index (κ3) is 4.93. The Bertz CT molecular complexity index is 1410. The van der Waals surface area contributed by atoms with Gasteiger partial charge in [-0.3, -0.25) is 19.5 Å². The Morgan fingerprint density at radius 2 is 1.82 bits per heavy atom. The third-order valence-electron chi connectivity index (χ3n) is 5.21. The lowest BCUT2D eigenvalue weighted by molar-refractivity contribution is -0.120. The van der Waals surface area contributed by atoms with Crippen molar-refractivity contribution < 1.29 is 14.3 Å². The number of hydrogen-bond acceptors (Lipinski definition) is 6. The molecule has 0 spiro atoms. The molecular formula is C24H22N4O4S. The van der Waals surface area contributed by atoms with Crippen LogP contribution in [0.4, 0.5) is 10.5 Å². The van der Waals surface area contributed by atoms with Crippen LogP contribution < -0.4 is 20.9 Å². The molecule has 2 heterocycles. The number of amides is 3. The quantitative estimate of drug-likeness (QED) is 0.465. The van der Waals surface area contributed by atoms with Crippen LogP contribution in [0.15, 0.2) is 59.7 Å². The molecular weight excluding hydrogens is 440 g/mol. The van der Waals surface area contributed by atoms with Crippen LogP contribution in [0.3, 0.4) is 0 Å².